The third-order valence-corrected chi connectivity index (χ3v) is 6.48. The highest BCUT2D eigenvalue weighted by atomic mass is 14.3. The predicted octanol–water partition coefficient (Wildman–Crippen LogP) is 9.92. The highest BCUT2D eigenvalue weighted by Crippen LogP contribution is 2.42. The van der Waals surface area contributed by atoms with Crippen molar-refractivity contribution in [2.75, 3.05) is 0 Å². The van der Waals surface area contributed by atoms with Gasteiger partial charge in [0.15, 0.2) is 0 Å². The average molecular weight is 377 g/mol. The summed E-state index contributed by atoms with van der Waals surface area (Å²) in [6.45, 7) is 26.3. The third-order valence-electron chi connectivity index (χ3n) is 6.48. The second-order valence-electron chi connectivity index (χ2n) is 8.25. The van der Waals surface area contributed by atoms with Crippen LogP contribution >= 0.6 is 0 Å². The molecule has 0 aliphatic heterocycles. The highest BCUT2D eigenvalue weighted by Gasteiger charge is 2.28. The van der Waals surface area contributed by atoms with Gasteiger partial charge < -0.3 is 0 Å². The van der Waals surface area contributed by atoms with Crippen molar-refractivity contribution in [3.8, 4) is 0 Å². The first-order valence-corrected chi connectivity index (χ1v) is 11.8. The minimum Gasteiger partial charge on any atom is -0.0993 e. The number of allylic oxidation sites excluding steroid dienone is 5. The Bertz CT molecular complexity index is 417. The van der Waals surface area contributed by atoms with Gasteiger partial charge in [0.25, 0.3) is 0 Å². The number of hydrogen-bond donors (Lipinski definition) is 0. The fraction of sp³-hybridized carbons (Fsp3) is 0.778. The Balaban J connectivity index is 0. The first-order valence-electron chi connectivity index (χ1n) is 11.8. The van der Waals surface area contributed by atoms with Crippen LogP contribution in [-0.4, -0.2) is 0 Å². The summed E-state index contributed by atoms with van der Waals surface area (Å²) in [5.41, 5.74) is 5.00. The van der Waals surface area contributed by atoms with Gasteiger partial charge in [0.05, 0.1) is 0 Å². The van der Waals surface area contributed by atoms with E-state index in [0.29, 0.717) is 5.41 Å². The SMILES string of the molecule is C/C=C\C(C)=C(/C)C(CC)(CCC)CCC.C=C1C(C)CCCC1C.CC. The monoisotopic (exact) mass is 376 g/mol. The Morgan fingerprint density at radius 3 is 1.74 bits per heavy atom. The number of hydrogen-bond acceptors (Lipinski definition) is 0. The molecule has 0 radical (unpaired) electrons. The summed E-state index contributed by atoms with van der Waals surface area (Å²) in [5, 5.41) is 0. The molecule has 27 heavy (non-hydrogen) atoms. The van der Waals surface area contributed by atoms with Crippen LogP contribution in [0.2, 0.25) is 0 Å². The third kappa shape index (κ3) is 9.82. The van der Waals surface area contributed by atoms with E-state index >= 15 is 0 Å². The quantitative estimate of drug-likeness (QED) is 0.306. The van der Waals surface area contributed by atoms with Crippen molar-refractivity contribution in [2.45, 2.75) is 121 Å². The fourth-order valence-corrected chi connectivity index (χ4v) is 4.46. The van der Waals surface area contributed by atoms with E-state index in [1.165, 1.54) is 62.5 Å². The topological polar surface area (TPSA) is 0 Å². The summed E-state index contributed by atoms with van der Waals surface area (Å²) in [6, 6.07) is 0. The van der Waals surface area contributed by atoms with E-state index in [-0.39, 0.29) is 0 Å². The average Bonchev–Trinajstić information content (AvgIpc) is 2.67. The lowest BCUT2D eigenvalue weighted by molar-refractivity contribution is 0.280. The maximum Gasteiger partial charge on any atom is -0.00879 e. The van der Waals surface area contributed by atoms with Crippen LogP contribution in [-0.2, 0) is 0 Å². The van der Waals surface area contributed by atoms with Gasteiger partial charge in [0, 0.05) is 0 Å². The van der Waals surface area contributed by atoms with E-state index < -0.39 is 0 Å². The van der Waals surface area contributed by atoms with E-state index in [9.17, 15) is 0 Å². The van der Waals surface area contributed by atoms with E-state index in [4.69, 9.17) is 0 Å². The molecule has 0 heteroatoms. The highest BCUT2D eigenvalue weighted by molar-refractivity contribution is 5.27. The summed E-state index contributed by atoms with van der Waals surface area (Å²) < 4.78 is 0. The van der Waals surface area contributed by atoms with Gasteiger partial charge in [-0.05, 0) is 70.1 Å². The van der Waals surface area contributed by atoms with Gasteiger partial charge in [-0.25, -0.2) is 0 Å². The lowest BCUT2D eigenvalue weighted by Gasteiger charge is -2.35. The standard InChI is InChI=1S/C16H30.C9H16.C2H6/c1-7-11-14(5)15(6)16(10-4,12-8-2)13-9-3;1-7-5-4-6-8(2)9(7)3;1-2/h7,11H,8-10,12-13H2,1-6H3;7-8H,3-6H2,1-2H3;1-2H3/b11-7-,15-14+;;. The van der Waals surface area contributed by atoms with Crippen LogP contribution < -0.4 is 0 Å². The van der Waals surface area contributed by atoms with E-state index in [2.05, 4.69) is 74.1 Å². The lowest BCUT2D eigenvalue weighted by Crippen LogP contribution is -2.22. The molecule has 2 unspecified atom stereocenters. The zero-order chi connectivity index (χ0) is 21.5. The summed E-state index contributed by atoms with van der Waals surface area (Å²) in [7, 11) is 0. The minimum atomic E-state index is 0.451. The number of rotatable bonds is 7. The molecule has 0 aromatic carbocycles. The lowest BCUT2D eigenvalue weighted by atomic mass is 9.70. The van der Waals surface area contributed by atoms with Crippen LogP contribution in [0.1, 0.15) is 121 Å². The molecule has 0 aromatic rings. The van der Waals surface area contributed by atoms with Crippen molar-refractivity contribution in [1.29, 1.82) is 0 Å². The summed E-state index contributed by atoms with van der Waals surface area (Å²) in [5.74, 6) is 1.57. The molecule has 0 bridgehead atoms. The maximum absolute atomic E-state index is 4.08. The van der Waals surface area contributed by atoms with Crippen LogP contribution in [0, 0.1) is 17.3 Å². The predicted molar refractivity (Wildman–Crippen MR) is 128 cm³/mol. The molecule has 1 saturated carbocycles. The first-order chi connectivity index (χ1) is 12.8. The van der Waals surface area contributed by atoms with Gasteiger partial charge in [0.2, 0.25) is 0 Å². The van der Waals surface area contributed by atoms with E-state index in [1.807, 2.05) is 13.8 Å². The van der Waals surface area contributed by atoms with Crippen molar-refractivity contribution in [3.63, 3.8) is 0 Å². The van der Waals surface area contributed by atoms with Gasteiger partial charge in [-0.2, -0.15) is 0 Å². The molecular formula is C27H52. The van der Waals surface area contributed by atoms with Gasteiger partial charge in [-0.1, -0.05) is 103 Å². The minimum absolute atomic E-state index is 0.451. The summed E-state index contributed by atoms with van der Waals surface area (Å²) in [6.07, 6.45) is 15.0. The fourth-order valence-electron chi connectivity index (χ4n) is 4.46. The molecule has 1 aliphatic rings. The molecule has 2 atom stereocenters. The zero-order valence-corrected chi connectivity index (χ0v) is 20.7. The Labute approximate surface area is 173 Å². The molecule has 0 heterocycles. The molecule has 1 rings (SSSR count). The van der Waals surface area contributed by atoms with Crippen LogP contribution in [0.5, 0.6) is 0 Å². The maximum atomic E-state index is 4.08. The molecule has 0 saturated heterocycles. The van der Waals surface area contributed by atoms with Crippen LogP contribution in [0.3, 0.4) is 0 Å². The largest absolute Gasteiger partial charge is 0.0993 e. The van der Waals surface area contributed by atoms with Gasteiger partial charge >= 0.3 is 0 Å². The molecule has 1 fully saturated rings. The van der Waals surface area contributed by atoms with Crippen molar-refractivity contribution in [2.24, 2.45) is 17.3 Å². The van der Waals surface area contributed by atoms with Crippen molar-refractivity contribution in [3.05, 3.63) is 35.5 Å². The van der Waals surface area contributed by atoms with Gasteiger partial charge in [-0.15, -0.1) is 0 Å². The van der Waals surface area contributed by atoms with E-state index in [1.54, 1.807) is 5.57 Å². The first kappa shape index (κ1) is 28.4. The second kappa shape index (κ2) is 16.2. The molecule has 0 nitrogen and oxygen atoms in total. The molecule has 0 aromatic heterocycles. The molecule has 160 valence electrons. The summed E-state index contributed by atoms with van der Waals surface area (Å²) >= 11 is 0. The second-order valence-corrected chi connectivity index (χ2v) is 8.25. The van der Waals surface area contributed by atoms with Crippen LogP contribution in [0.4, 0.5) is 0 Å². The van der Waals surface area contributed by atoms with Crippen molar-refractivity contribution in [1.82, 2.24) is 0 Å². The zero-order valence-electron chi connectivity index (χ0n) is 20.7. The molecule has 1 aliphatic carbocycles. The van der Waals surface area contributed by atoms with Crippen LogP contribution in [0.25, 0.3) is 0 Å². The molecular weight excluding hydrogens is 324 g/mol. The van der Waals surface area contributed by atoms with Crippen molar-refractivity contribution >= 4 is 0 Å². The van der Waals surface area contributed by atoms with Crippen molar-refractivity contribution < 1.29 is 0 Å². The summed E-state index contributed by atoms with van der Waals surface area (Å²) in [4.78, 5) is 0. The van der Waals surface area contributed by atoms with Gasteiger partial charge in [0.1, 0.15) is 0 Å². The molecule has 0 spiro atoms. The van der Waals surface area contributed by atoms with Gasteiger partial charge in [-0.3, -0.25) is 0 Å². The van der Waals surface area contributed by atoms with Crippen LogP contribution in [0.15, 0.2) is 35.5 Å². The Morgan fingerprint density at radius 1 is 1.00 bits per heavy atom. The molecule has 0 amide bonds. The smallest absolute Gasteiger partial charge is 0.00879 e. The van der Waals surface area contributed by atoms with E-state index in [0.717, 1.165) is 11.8 Å². The Kier molecular flexibility index (Phi) is 17.1. The normalized spacial score (nSPS) is 21.0. The molecule has 0 N–H and O–H groups in total. The Hall–Kier alpha value is -0.780. The Morgan fingerprint density at radius 2 is 1.44 bits per heavy atom.